The standard InChI is InChI=1S/C23H26FN5/c1-18-15-22(25-16-19-7-9-21(24)10-8-19)27-23(26-18)29-13-11-28(12-14-29)17-20-5-3-2-4-6-20/h2-10,15H,11-14,16-17H2,1H3,(H,25,26,27). The van der Waals surface area contributed by atoms with E-state index in [-0.39, 0.29) is 5.82 Å². The molecule has 0 spiro atoms. The van der Waals surface area contributed by atoms with Crippen molar-refractivity contribution in [3.05, 3.63) is 83.3 Å². The molecule has 0 amide bonds. The maximum absolute atomic E-state index is 13.1. The number of hydrogen-bond acceptors (Lipinski definition) is 5. The summed E-state index contributed by atoms with van der Waals surface area (Å²) in [7, 11) is 0. The summed E-state index contributed by atoms with van der Waals surface area (Å²) < 4.78 is 13.1. The van der Waals surface area contributed by atoms with Crippen LogP contribution in [0.15, 0.2) is 60.7 Å². The van der Waals surface area contributed by atoms with Gasteiger partial charge < -0.3 is 10.2 Å². The Bertz CT molecular complexity index is 922. The van der Waals surface area contributed by atoms with Gasteiger partial charge in [-0.15, -0.1) is 0 Å². The largest absolute Gasteiger partial charge is 0.366 e. The second kappa shape index (κ2) is 9.01. The first-order valence-electron chi connectivity index (χ1n) is 10.0. The Balaban J connectivity index is 1.35. The topological polar surface area (TPSA) is 44.3 Å². The van der Waals surface area contributed by atoms with Crippen molar-refractivity contribution in [3.8, 4) is 0 Å². The van der Waals surface area contributed by atoms with Gasteiger partial charge in [0, 0.05) is 51.0 Å². The third-order valence-electron chi connectivity index (χ3n) is 5.13. The van der Waals surface area contributed by atoms with E-state index in [1.54, 1.807) is 12.1 Å². The number of piperazine rings is 1. The molecule has 0 bridgehead atoms. The van der Waals surface area contributed by atoms with E-state index in [0.717, 1.165) is 55.7 Å². The highest BCUT2D eigenvalue weighted by Gasteiger charge is 2.19. The molecule has 3 aromatic rings. The number of nitrogens with one attached hydrogen (secondary N) is 1. The number of rotatable bonds is 6. The Morgan fingerprint density at radius 1 is 0.897 bits per heavy atom. The number of aromatic nitrogens is 2. The van der Waals surface area contributed by atoms with Gasteiger partial charge in [-0.2, -0.15) is 4.98 Å². The Kier molecular flexibility index (Phi) is 6.00. The van der Waals surface area contributed by atoms with Crippen LogP contribution in [0.1, 0.15) is 16.8 Å². The van der Waals surface area contributed by atoms with Gasteiger partial charge in [-0.1, -0.05) is 42.5 Å². The number of nitrogens with zero attached hydrogens (tertiary/aromatic N) is 4. The number of benzene rings is 2. The van der Waals surface area contributed by atoms with Gasteiger partial charge in [-0.25, -0.2) is 9.37 Å². The van der Waals surface area contributed by atoms with E-state index < -0.39 is 0 Å². The SMILES string of the molecule is Cc1cc(NCc2ccc(F)cc2)nc(N2CCN(Cc3ccccc3)CC2)n1. The van der Waals surface area contributed by atoms with Crippen molar-refractivity contribution in [3.63, 3.8) is 0 Å². The van der Waals surface area contributed by atoms with Crippen molar-refractivity contribution < 1.29 is 4.39 Å². The number of anilines is 2. The maximum atomic E-state index is 13.1. The normalized spacial score (nSPS) is 14.8. The summed E-state index contributed by atoms with van der Waals surface area (Å²) in [5.74, 6) is 1.34. The highest BCUT2D eigenvalue weighted by molar-refractivity contribution is 5.44. The molecule has 1 N–H and O–H groups in total. The summed E-state index contributed by atoms with van der Waals surface area (Å²) in [5, 5.41) is 3.33. The highest BCUT2D eigenvalue weighted by atomic mass is 19.1. The van der Waals surface area contributed by atoms with E-state index in [1.807, 2.05) is 13.0 Å². The molecule has 150 valence electrons. The lowest BCUT2D eigenvalue weighted by Crippen LogP contribution is -2.46. The van der Waals surface area contributed by atoms with Crippen molar-refractivity contribution in [2.75, 3.05) is 36.4 Å². The Morgan fingerprint density at radius 3 is 2.34 bits per heavy atom. The van der Waals surface area contributed by atoms with Gasteiger partial charge >= 0.3 is 0 Å². The summed E-state index contributed by atoms with van der Waals surface area (Å²) >= 11 is 0. The predicted molar refractivity (Wildman–Crippen MR) is 114 cm³/mol. The fourth-order valence-electron chi connectivity index (χ4n) is 3.53. The van der Waals surface area contributed by atoms with Crippen molar-refractivity contribution >= 4 is 11.8 Å². The van der Waals surface area contributed by atoms with Crippen LogP contribution in [0.25, 0.3) is 0 Å². The first-order chi connectivity index (χ1) is 14.2. The predicted octanol–water partition coefficient (Wildman–Crippen LogP) is 3.86. The van der Waals surface area contributed by atoms with Crippen LogP contribution in [0.3, 0.4) is 0 Å². The summed E-state index contributed by atoms with van der Waals surface area (Å²) in [6.07, 6.45) is 0. The fraction of sp³-hybridized carbons (Fsp3) is 0.304. The fourth-order valence-corrected chi connectivity index (χ4v) is 3.53. The molecule has 1 aromatic heterocycles. The zero-order chi connectivity index (χ0) is 20.1. The second-order valence-corrected chi connectivity index (χ2v) is 7.42. The molecule has 29 heavy (non-hydrogen) atoms. The van der Waals surface area contributed by atoms with Gasteiger partial charge in [0.1, 0.15) is 11.6 Å². The minimum Gasteiger partial charge on any atom is -0.366 e. The molecule has 4 rings (SSSR count). The van der Waals surface area contributed by atoms with Gasteiger partial charge in [0.25, 0.3) is 0 Å². The maximum Gasteiger partial charge on any atom is 0.227 e. The van der Waals surface area contributed by atoms with Gasteiger partial charge in [0.05, 0.1) is 0 Å². The lowest BCUT2D eigenvalue weighted by molar-refractivity contribution is 0.248. The van der Waals surface area contributed by atoms with Crippen molar-refractivity contribution in [2.45, 2.75) is 20.0 Å². The number of hydrogen-bond donors (Lipinski definition) is 1. The van der Waals surface area contributed by atoms with E-state index in [0.29, 0.717) is 6.54 Å². The molecule has 2 aromatic carbocycles. The lowest BCUT2D eigenvalue weighted by Gasteiger charge is -2.35. The smallest absolute Gasteiger partial charge is 0.227 e. The molecule has 0 aliphatic carbocycles. The van der Waals surface area contributed by atoms with Crippen LogP contribution in [-0.2, 0) is 13.1 Å². The van der Waals surface area contributed by atoms with Crippen molar-refractivity contribution in [2.24, 2.45) is 0 Å². The third-order valence-corrected chi connectivity index (χ3v) is 5.13. The minimum absolute atomic E-state index is 0.222. The number of halogens is 1. The van der Waals surface area contributed by atoms with E-state index in [2.05, 4.69) is 50.4 Å². The number of aryl methyl sites for hydroxylation is 1. The van der Waals surface area contributed by atoms with Gasteiger partial charge in [0.15, 0.2) is 0 Å². The van der Waals surface area contributed by atoms with E-state index in [4.69, 9.17) is 4.98 Å². The van der Waals surface area contributed by atoms with Crippen LogP contribution in [-0.4, -0.2) is 41.0 Å². The van der Waals surface area contributed by atoms with Crippen LogP contribution in [0.4, 0.5) is 16.2 Å². The van der Waals surface area contributed by atoms with Crippen LogP contribution >= 0.6 is 0 Å². The average Bonchev–Trinajstić information content (AvgIpc) is 2.74. The van der Waals surface area contributed by atoms with Gasteiger partial charge in [0.2, 0.25) is 5.95 Å². The Labute approximate surface area is 171 Å². The van der Waals surface area contributed by atoms with E-state index in [9.17, 15) is 4.39 Å². The summed E-state index contributed by atoms with van der Waals surface area (Å²) in [6, 6.07) is 19.0. The molecule has 0 radical (unpaired) electrons. The minimum atomic E-state index is -0.222. The van der Waals surface area contributed by atoms with E-state index >= 15 is 0 Å². The summed E-state index contributed by atoms with van der Waals surface area (Å²) in [5.41, 5.74) is 3.29. The third kappa shape index (κ3) is 5.29. The molecule has 5 nitrogen and oxygen atoms in total. The van der Waals surface area contributed by atoms with E-state index in [1.165, 1.54) is 17.7 Å². The molecular weight excluding hydrogens is 365 g/mol. The van der Waals surface area contributed by atoms with Crippen LogP contribution < -0.4 is 10.2 Å². The summed E-state index contributed by atoms with van der Waals surface area (Å²) in [6.45, 7) is 7.37. The molecule has 0 saturated carbocycles. The lowest BCUT2D eigenvalue weighted by atomic mass is 10.2. The first kappa shape index (κ1) is 19.3. The summed E-state index contributed by atoms with van der Waals surface area (Å²) in [4.78, 5) is 14.1. The quantitative estimate of drug-likeness (QED) is 0.691. The van der Waals surface area contributed by atoms with Crippen molar-refractivity contribution in [1.82, 2.24) is 14.9 Å². The highest BCUT2D eigenvalue weighted by Crippen LogP contribution is 2.17. The molecule has 0 unspecified atom stereocenters. The molecule has 0 atom stereocenters. The molecular formula is C23H26FN5. The molecule has 1 fully saturated rings. The molecule has 2 heterocycles. The van der Waals surface area contributed by atoms with Crippen LogP contribution in [0.2, 0.25) is 0 Å². The molecule has 1 aliphatic heterocycles. The zero-order valence-corrected chi connectivity index (χ0v) is 16.7. The molecule has 1 aliphatic rings. The molecule has 6 heteroatoms. The van der Waals surface area contributed by atoms with Crippen molar-refractivity contribution in [1.29, 1.82) is 0 Å². The Morgan fingerprint density at radius 2 is 1.62 bits per heavy atom. The van der Waals surface area contributed by atoms with Crippen LogP contribution in [0, 0.1) is 12.7 Å². The first-order valence-corrected chi connectivity index (χ1v) is 10.0. The van der Waals surface area contributed by atoms with Gasteiger partial charge in [-0.3, -0.25) is 4.90 Å². The van der Waals surface area contributed by atoms with Crippen LogP contribution in [0.5, 0.6) is 0 Å². The zero-order valence-electron chi connectivity index (χ0n) is 16.7. The Hall–Kier alpha value is -2.99. The van der Waals surface area contributed by atoms with Gasteiger partial charge in [-0.05, 0) is 30.2 Å². The monoisotopic (exact) mass is 391 g/mol. The molecule has 1 saturated heterocycles. The average molecular weight is 391 g/mol. The second-order valence-electron chi connectivity index (χ2n) is 7.42.